The van der Waals surface area contributed by atoms with Gasteiger partial charge in [0.15, 0.2) is 16.8 Å². The number of allylic oxidation sites excluding steroid dienone is 1. The molecule has 3 rings (SSSR count). The molecule has 154 valence electrons. The number of rotatable bonds is 9. The molecule has 0 aliphatic rings. The summed E-state index contributed by atoms with van der Waals surface area (Å²) in [6.07, 6.45) is 1.74. The summed E-state index contributed by atoms with van der Waals surface area (Å²) in [6.45, 7) is 6.12. The van der Waals surface area contributed by atoms with Crippen LogP contribution in [0.1, 0.15) is 39.5 Å². The highest BCUT2D eigenvalue weighted by Crippen LogP contribution is 2.22. The fraction of sp³-hybridized carbons (Fsp3) is 0.182. The summed E-state index contributed by atoms with van der Waals surface area (Å²) in [5.41, 5.74) is 1.22. The Labute approximate surface area is 187 Å². The number of nitrogens with one attached hydrogen (secondary N) is 1. The van der Waals surface area contributed by atoms with Crippen LogP contribution in [0.25, 0.3) is 0 Å². The van der Waals surface area contributed by atoms with E-state index in [0.29, 0.717) is 28.7 Å². The highest BCUT2D eigenvalue weighted by Gasteiger charge is 2.20. The fourth-order valence-electron chi connectivity index (χ4n) is 2.81. The van der Waals surface area contributed by atoms with Gasteiger partial charge in [-0.05, 0) is 31.2 Å². The van der Waals surface area contributed by atoms with Crippen LogP contribution in [-0.2, 0) is 6.54 Å². The Morgan fingerprint density at radius 2 is 1.83 bits per heavy atom. The summed E-state index contributed by atoms with van der Waals surface area (Å²) in [6, 6.07) is 15.9. The van der Waals surface area contributed by atoms with E-state index in [4.69, 9.17) is 0 Å². The van der Waals surface area contributed by atoms with E-state index in [1.54, 1.807) is 30.3 Å². The van der Waals surface area contributed by atoms with Crippen molar-refractivity contribution < 1.29 is 9.59 Å². The number of hydrogen-bond donors (Lipinski definition) is 1. The van der Waals surface area contributed by atoms with Crippen LogP contribution in [0.4, 0.5) is 0 Å². The molecule has 1 amide bonds. The Bertz CT molecular complexity index is 1040. The van der Waals surface area contributed by atoms with E-state index < -0.39 is 0 Å². The topological polar surface area (TPSA) is 76.9 Å². The molecule has 1 heterocycles. The predicted octanol–water partition coefficient (Wildman–Crippen LogP) is 4.69. The number of carbonyl (C=O) groups is 2. The number of aromatic nitrogens is 3. The summed E-state index contributed by atoms with van der Waals surface area (Å²) in [5, 5.41) is 12.0. The molecule has 0 aliphatic carbocycles. The number of hydrogen-bond acceptors (Lipinski definition) is 5. The zero-order valence-corrected chi connectivity index (χ0v) is 18.8. The standard InChI is InChI=1S/C22H21BrN4O2S/c1-3-13-27-20(15(2)24-21(29)17-7-5-4-6-8-17)25-26-22(27)30-14-19(28)16-9-11-18(23)12-10-16/h3-12,15H,1,13-14H2,2H3,(H,24,29)/t15-/m1/s1. The molecular formula is C22H21BrN4O2S. The second kappa shape index (κ2) is 10.4. The highest BCUT2D eigenvalue weighted by molar-refractivity contribution is 9.10. The Hall–Kier alpha value is -2.71. The monoisotopic (exact) mass is 484 g/mol. The van der Waals surface area contributed by atoms with Crippen LogP contribution in [0.2, 0.25) is 0 Å². The lowest BCUT2D eigenvalue weighted by atomic mass is 10.2. The summed E-state index contributed by atoms with van der Waals surface area (Å²) < 4.78 is 2.79. The molecule has 3 aromatic rings. The molecule has 8 heteroatoms. The number of benzene rings is 2. The lowest BCUT2D eigenvalue weighted by Crippen LogP contribution is -2.28. The van der Waals surface area contributed by atoms with Gasteiger partial charge in [-0.15, -0.1) is 16.8 Å². The van der Waals surface area contributed by atoms with Gasteiger partial charge in [-0.25, -0.2) is 0 Å². The molecule has 0 bridgehead atoms. The molecule has 0 saturated heterocycles. The van der Waals surface area contributed by atoms with E-state index in [1.165, 1.54) is 11.8 Å². The van der Waals surface area contributed by atoms with Gasteiger partial charge in [0.1, 0.15) is 0 Å². The molecule has 30 heavy (non-hydrogen) atoms. The number of carbonyl (C=O) groups excluding carboxylic acids is 2. The third-order valence-electron chi connectivity index (χ3n) is 4.33. The maximum absolute atomic E-state index is 12.5. The van der Waals surface area contributed by atoms with E-state index >= 15 is 0 Å². The second-order valence-corrected chi connectivity index (χ2v) is 8.38. The minimum absolute atomic E-state index is 0.00707. The normalized spacial score (nSPS) is 11.7. The molecule has 0 aliphatic heterocycles. The minimum atomic E-state index is -0.360. The van der Waals surface area contributed by atoms with Gasteiger partial charge in [0.05, 0.1) is 11.8 Å². The molecule has 0 fully saturated rings. The molecule has 0 spiro atoms. The maximum atomic E-state index is 12.5. The van der Waals surface area contributed by atoms with Gasteiger partial charge in [0, 0.05) is 22.1 Å². The van der Waals surface area contributed by atoms with Crippen LogP contribution in [-0.4, -0.2) is 32.2 Å². The number of nitrogens with zero attached hydrogens (tertiary/aromatic N) is 3. The largest absolute Gasteiger partial charge is 0.342 e. The van der Waals surface area contributed by atoms with Crippen LogP contribution < -0.4 is 5.32 Å². The van der Waals surface area contributed by atoms with Crippen molar-refractivity contribution in [3.05, 3.63) is 88.7 Å². The third-order valence-corrected chi connectivity index (χ3v) is 5.82. The van der Waals surface area contributed by atoms with Gasteiger partial charge >= 0.3 is 0 Å². The van der Waals surface area contributed by atoms with Crippen molar-refractivity contribution in [1.29, 1.82) is 0 Å². The number of ketones is 1. The zero-order valence-electron chi connectivity index (χ0n) is 16.4. The molecular weight excluding hydrogens is 464 g/mol. The van der Waals surface area contributed by atoms with Crippen LogP contribution in [0.15, 0.2) is 76.9 Å². The minimum Gasteiger partial charge on any atom is -0.342 e. The van der Waals surface area contributed by atoms with E-state index in [2.05, 4.69) is 38.0 Å². The molecule has 2 aromatic carbocycles. The first-order valence-corrected chi connectivity index (χ1v) is 11.1. The summed E-state index contributed by atoms with van der Waals surface area (Å²) in [5.74, 6) is 0.669. The van der Waals surface area contributed by atoms with Crippen molar-refractivity contribution >= 4 is 39.4 Å². The molecule has 0 radical (unpaired) electrons. The number of amides is 1. The van der Waals surface area contributed by atoms with Gasteiger partial charge < -0.3 is 9.88 Å². The number of thioether (sulfide) groups is 1. The van der Waals surface area contributed by atoms with Crippen LogP contribution in [0.3, 0.4) is 0 Å². The molecule has 1 aromatic heterocycles. The first-order chi connectivity index (χ1) is 14.5. The lowest BCUT2D eigenvalue weighted by Gasteiger charge is -2.15. The summed E-state index contributed by atoms with van der Waals surface area (Å²) in [4.78, 5) is 24.9. The quantitative estimate of drug-likeness (QED) is 0.270. The van der Waals surface area contributed by atoms with Gasteiger partial charge in [0.2, 0.25) is 0 Å². The van der Waals surface area contributed by atoms with Crippen LogP contribution in [0.5, 0.6) is 0 Å². The predicted molar refractivity (Wildman–Crippen MR) is 122 cm³/mol. The van der Waals surface area contributed by atoms with Gasteiger partial charge in [-0.2, -0.15) is 0 Å². The Kier molecular flexibility index (Phi) is 7.59. The van der Waals surface area contributed by atoms with Crippen molar-refractivity contribution in [3.8, 4) is 0 Å². The Morgan fingerprint density at radius 1 is 1.13 bits per heavy atom. The average Bonchev–Trinajstić information content (AvgIpc) is 3.16. The Balaban J connectivity index is 1.71. The van der Waals surface area contributed by atoms with E-state index in [9.17, 15) is 9.59 Å². The van der Waals surface area contributed by atoms with Crippen LogP contribution >= 0.6 is 27.7 Å². The molecule has 1 atom stereocenters. The first kappa shape index (κ1) is 22.0. The maximum Gasteiger partial charge on any atom is 0.251 e. The van der Waals surface area contributed by atoms with Crippen molar-refractivity contribution in [2.45, 2.75) is 24.7 Å². The molecule has 0 unspecified atom stereocenters. The van der Waals surface area contributed by atoms with E-state index in [0.717, 1.165) is 4.47 Å². The van der Waals surface area contributed by atoms with Crippen molar-refractivity contribution in [3.63, 3.8) is 0 Å². The second-order valence-electron chi connectivity index (χ2n) is 6.52. The average molecular weight is 485 g/mol. The number of halogens is 1. The third kappa shape index (κ3) is 5.46. The van der Waals surface area contributed by atoms with Gasteiger partial charge in [0.25, 0.3) is 5.91 Å². The van der Waals surface area contributed by atoms with Crippen molar-refractivity contribution in [2.24, 2.45) is 0 Å². The fourth-order valence-corrected chi connectivity index (χ4v) is 3.92. The SMILES string of the molecule is C=CCn1c(SCC(=O)c2ccc(Br)cc2)nnc1[C@@H](C)NC(=O)c1ccccc1. The summed E-state index contributed by atoms with van der Waals surface area (Å²) in [7, 11) is 0. The zero-order chi connectivity index (χ0) is 21.5. The Morgan fingerprint density at radius 3 is 2.50 bits per heavy atom. The smallest absolute Gasteiger partial charge is 0.251 e. The van der Waals surface area contributed by atoms with E-state index in [-0.39, 0.29) is 23.5 Å². The van der Waals surface area contributed by atoms with Gasteiger partial charge in [-0.1, -0.05) is 64.1 Å². The highest BCUT2D eigenvalue weighted by atomic mass is 79.9. The first-order valence-electron chi connectivity index (χ1n) is 9.31. The van der Waals surface area contributed by atoms with Crippen LogP contribution in [0, 0.1) is 0 Å². The number of Topliss-reactive ketones (excluding diaryl/α,β-unsaturated/α-hetero) is 1. The molecule has 6 nitrogen and oxygen atoms in total. The lowest BCUT2D eigenvalue weighted by molar-refractivity contribution is 0.0937. The van der Waals surface area contributed by atoms with Gasteiger partial charge in [-0.3, -0.25) is 9.59 Å². The molecule has 1 N–H and O–H groups in total. The molecule has 0 saturated carbocycles. The van der Waals surface area contributed by atoms with E-state index in [1.807, 2.05) is 41.8 Å². The van der Waals surface area contributed by atoms with Crippen molar-refractivity contribution in [2.75, 3.05) is 5.75 Å². The van der Waals surface area contributed by atoms with Crippen molar-refractivity contribution in [1.82, 2.24) is 20.1 Å². The summed E-state index contributed by atoms with van der Waals surface area (Å²) >= 11 is 4.68.